The molecule has 0 bridgehead atoms. The first kappa shape index (κ1) is 15.8. The van der Waals surface area contributed by atoms with Crippen molar-refractivity contribution in [1.29, 1.82) is 0 Å². The lowest BCUT2D eigenvalue weighted by molar-refractivity contribution is -0.122. The molecular weight excluding hydrogens is 290 g/mol. The van der Waals surface area contributed by atoms with Crippen molar-refractivity contribution in [2.45, 2.75) is 51.4 Å². The van der Waals surface area contributed by atoms with Gasteiger partial charge in [0.2, 0.25) is 5.91 Å². The zero-order valence-electron chi connectivity index (χ0n) is 13.6. The van der Waals surface area contributed by atoms with Crippen molar-refractivity contribution in [2.24, 2.45) is 0 Å². The second-order valence-electron chi connectivity index (χ2n) is 6.21. The van der Waals surface area contributed by atoms with Crippen LogP contribution in [-0.2, 0) is 9.59 Å². The van der Waals surface area contributed by atoms with Gasteiger partial charge in [-0.25, -0.2) is 0 Å². The standard InChI is InChI=1S/C19H23NO3/c1-2-3-11-23-17-10-5-4-7-13(17)14-12-18(22)20-15-8-6-9-16(21)19(14)15/h4-5,7,10,14H,2-3,6,8-9,11-12H2,1H3,(H,20,22)/t14-/m1/s1. The fourth-order valence-corrected chi connectivity index (χ4v) is 3.40. The number of ketones is 1. The molecule has 0 spiro atoms. The summed E-state index contributed by atoms with van der Waals surface area (Å²) >= 11 is 0. The third-order valence-electron chi connectivity index (χ3n) is 4.53. The van der Waals surface area contributed by atoms with Gasteiger partial charge in [-0.2, -0.15) is 0 Å². The van der Waals surface area contributed by atoms with Gasteiger partial charge in [0.1, 0.15) is 5.75 Å². The van der Waals surface area contributed by atoms with Crippen LogP contribution in [0.5, 0.6) is 5.75 Å². The number of para-hydroxylation sites is 1. The number of carbonyl (C=O) groups excluding carboxylic acids is 2. The van der Waals surface area contributed by atoms with Gasteiger partial charge in [0.05, 0.1) is 6.61 Å². The minimum Gasteiger partial charge on any atom is -0.493 e. The average molecular weight is 313 g/mol. The highest BCUT2D eigenvalue weighted by molar-refractivity contribution is 6.01. The lowest BCUT2D eigenvalue weighted by atomic mass is 9.78. The summed E-state index contributed by atoms with van der Waals surface area (Å²) < 4.78 is 5.92. The van der Waals surface area contributed by atoms with E-state index in [0.717, 1.165) is 48.3 Å². The van der Waals surface area contributed by atoms with Crippen molar-refractivity contribution in [2.75, 3.05) is 6.61 Å². The molecule has 0 unspecified atom stereocenters. The van der Waals surface area contributed by atoms with Crippen LogP contribution < -0.4 is 10.1 Å². The molecule has 1 heterocycles. The van der Waals surface area contributed by atoms with Gasteiger partial charge in [-0.15, -0.1) is 0 Å². The molecular formula is C19H23NO3. The maximum atomic E-state index is 12.4. The fraction of sp³-hybridized carbons (Fsp3) is 0.474. The third-order valence-corrected chi connectivity index (χ3v) is 4.53. The summed E-state index contributed by atoms with van der Waals surface area (Å²) in [7, 11) is 0. The summed E-state index contributed by atoms with van der Waals surface area (Å²) in [4.78, 5) is 24.5. The number of benzene rings is 1. The highest BCUT2D eigenvalue weighted by Gasteiger charge is 2.35. The molecule has 23 heavy (non-hydrogen) atoms. The summed E-state index contributed by atoms with van der Waals surface area (Å²) in [5.41, 5.74) is 2.58. The van der Waals surface area contributed by atoms with Crippen molar-refractivity contribution in [1.82, 2.24) is 5.32 Å². The van der Waals surface area contributed by atoms with Gasteiger partial charge in [0.25, 0.3) is 0 Å². The Balaban J connectivity index is 1.96. The molecule has 1 atom stereocenters. The molecule has 3 rings (SSSR count). The number of nitrogens with one attached hydrogen (secondary N) is 1. The van der Waals surface area contributed by atoms with E-state index in [1.807, 2.05) is 24.3 Å². The molecule has 0 fully saturated rings. The van der Waals surface area contributed by atoms with Crippen LogP contribution >= 0.6 is 0 Å². The zero-order chi connectivity index (χ0) is 16.2. The van der Waals surface area contributed by atoms with E-state index in [1.54, 1.807) is 0 Å². The Hall–Kier alpha value is -2.10. The van der Waals surface area contributed by atoms with E-state index in [-0.39, 0.29) is 17.6 Å². The topological polar surface area (TPSA) is 55.4 Å². The molecule has 1 amide bonds. The largest absolute Gasteiger partial charge is 0.493 e. The van der Waals surface area contributed by atoms with Crippen LogP contribution in [0, 0.1) is 0 Å². The number of ether oxygens (including phenoxy) is 1. The Morgan fingerprint density at radius 2 is 2.04 bits per heavy atom. The molecule has 0 aromatic heterocycles. The smallest absolute Gasteiger partial charge is 0.225 e. The van der Waals surface area contributed by atoms with Crippen molar-refractivity contribution < 1.29 is 14.3 Å². The van der Waals surface area contributed by atoms with Gasteiger partial charge >= 0.3 is 0 Å². The quantitative estimate of drug-likeness (QED) is 0.847. The first-order valence-corrected chi connectivity index (χ1v) is 8.48. The summed E-state index contributed by atoms with van der Waals surface area (Å²) in [5.74, 6) is 0.779. The van der Waals surface area contributed by atoms with Gasteiger partial charge in [0.15, 0.2) is 5.78 Å². The van der Waals surface area contributed by atoms with Crippen molar-refractivity contribution in [3.8, 4) is 5.75 Å². The van der Waals surface area contributed by atoms with Crippen molar-refractivity contribution in [3.05, 3.63) is 41.1 Å². The predicted molar refractivity (Wildman–Crippen MR) is 88.2 cm³/mol. The molecule has 0 radical (unpaired) electrons. The van der Waals surface area contributed by atoms with Crippen LogP contribution in [0.1, 0.15) is 56.9 Å². The highest BCUT2D eigenvalue weighted by atomic mass is 16.5. The number of Topliss-reactive ketones (excluding diaryl/α,β-unsaturated/α-hetero) is 1. The summed E-state index contributed by atoms with van der Waals surface area (Å²) in [6.07, 6.45) is 4.55. The van der Waals surface area contributed by atoms with Crippen LogP contribution in [0.25, 0.3) is 0 Å². The minimum atomic E-state index is -0.177. The number of amides is 1. The Labute approximate surface area is 136 Å². The monoisotopic (exact) mass is 313 g/mol. The molecule has 4 heteroatoms. The molecule has 1 aromatic rings. The number of carbonyl (C=O) groups is 2. The number of allylic oxidation sites excluding steroid dienone is 2. The van der Waals surface area contributed by atoms with Gasteiger partial charge in [-0.05, 0) is 25.3 Å². The lowest BCUT2D eigenvalue weighted by Crippen LogP contribution is -2.36. The molecule has 1 aliphatic heterocycles. The summed E-state index contributed by atoms with van der Waals surface area (Å²) in [6.45, 7) is 2.78. The van der Waals surface area contributed by atoms with E-state index < -0.39 is 0 Å². The minimum absolute atomic E-state index is 0.00758. The normalized spacial score (nSPS) is 21.0. The number of unbranched alkanes of at least 4 members (excludes halogenated alkanes) is 1. The van der Waals surface area contributed by atoms with Gasteiger partial charge in [-0.1, -0.05) is 31.5 Å². The second kappa shape index (κ2) is 6.99. The van der Waals surface area contributed by atoms with Crippen LogP contribution in [-0.4, -0.2) is 18.3 Å². The third kappa shape index (κ3) is 3.31. The van der Waals surface area contributed by atoms with Crippen LogP contribution in [0.4, 0.5) is 0 Å². The molecule has 2 aliphatic rings. The first-order valence-electron chi connectivity index (χ1n) is 8.48. The number of hydrogen-bond donors (Lipinski definition) is 1. The molecule has 122 valence electrons. The molecule has 0 saturated heterocycles. The van der Waals surface area contributed by atoms with Crippen molar-refractivity contribution in [3.63, 3.8) is 0 Å². The average Bonchev–Trinajstić information content (AvgIpc) is 2.55. The Morgan fingerprint density at radius 1 is 1.22 bits per heavy atom. The van der Waals surface area contributed by atoms with E-state index in [4.69, 9.17) is 4.74 Å². The number of rotatable bonds is 5. The molecule has 4 nitrogen and oxygen atoms in total. The molecule has 1 aromatic carbocycles. The van der Waals surface area contributed by atoms with Crippen LogP contribution in [0.3, 0.4) is 0 Å². The maximum Gasteiger partial charge on any atom is 0.225 e. The molecule has 1 N–H and O–H groups in total. The van der Waals surface area contributed by atoms with E-state index in [1.165, 1.54) is 0 Å². The second-order valence-corrected chi connectivity index (χ2v) is 6.21. The van der Waals surface area contributed by atoms with E-state index in [2.05, 4.69) is 12.2 Å². The van der Waals surface area contributed by atoms with E-state index >= 15 is 0 Å². The zero-order valence-corrected chi connectivity index (χ0v) is 13.6. The van der Waals surface area contributed by atoms with Crippen molar-refractivity contribution >= 4 is 11.7 Å². The lowest BCUT2D eigenvalue weighted by Gasteiger charge is -2.31. The van der Waals surface area contributed by atoms with Crippen LogP contribution in [0.2, 0.25) is 0 Å². The van der Waals surface area contributed by atoms with E-state index in [0.29, 0.717) is 19.4 Å². The summed E-state index contributed by atoms with van der Waals surface area (Å²) in [5, 5.41) is 2.90. The van der Waals surface area contributed by atoms with E-state index in [9.17, 15) is 9.59 Å². The first-order chi connectivity index (χ1) is 11.2. The number of hydrogen-bond acceptors (Lipinski definition) is 3. The van der Waals surface area contributed by atoms with Gasteiger partial charge < -0.3 is 10.1 Å². The Bertz CT molecular complexity index is 648. The Morgan fingerprint density at radius 3 is 2.87 bits per heavy atom. The van der Waals surface area contributed by atoms with Gasteiger partial charge in [0, 0.05) is 35.6 Å². The highest BCUT2D eigenvalue weighted by Crippen LogP contribution is 2.41. The maximum absolute atomic E-state index is 12.4. The fourth-order valence-electron chi connectivity index (χ4n) is 3.40. The summed E-state index contributed by atoms with van der Waals surface area (Å²) in [6, 6.07) is 7.80. The molecule has 0 saturated carbocycles. The Kier molecular flexibility index (Phi) is 4.79. The van der Waals surface area contributed by atoms with Crippen LogP contribution in [0.15, 0.2) is 35.5 Å². The van der Waals surface area contributed by atoms with Gasteiger partial charge in [-0.3, -0.25) is 9.59 Å². The molecule has 1 aliphatic carbocycles. The SMILES string of the molecule is CCCCOc1ccccc1[C@H]1CC(=O)NC2=C1C(=O)CCC2. The predicted octanol–water partition coefficient (Wildman–Crippen LogP) is 3.48.